The van der Waals surface area contributed by atoms with Crippen molar-refractivity contribution in [2.45, 2.75) is 18.6 Å². The number of rotatable bonds is 5. The van der Waals surface area contributed by atoms with E-state index in [0.29, 0.717) is 21.6 Å². The third-order valence-corrected chi connectivity index (χ3v) is 5.16. The first-order valence-electron chi connectivity index (χ1n) is 8.21. The molecule has 1 heterocycles. The Kier molecular flexibility index (Phi) is 6.03. The predicted molar refractivity (Wildman–Crippen MR) is 109 cm³/mol. The second-order valence-corrected chi connectivity index (χ2v) is 7.57. The molecule has 1 atom stereocenters. The second-order valence-electron chi connectivity index (χ2n) is 5.95. The molecule has 2 aromatic carbocycles. The standard InChI is InChI=1S/C19H18ClN3O3S/c1-11-3-6-13(7-4-11)21-19-23-18(25)16(27-19)10-17(24)22-14-9-12(20)5-8-15(14)26-2/h3-9,16H,10H2,1-2H3,(H,22,24)(H,21,23,25). The van der Waals surface area contributed by atoms with E-state index in [1.807, 2.05) is 31.2 Å². The normalized spacial score (nSPS) is 17.7. The number of thioether (sulfide) groups is 1. The Morgan fingerprint density at radius 2 is 2.04 bits per heavy atom. The molecule has 140 valence electrons. The van der Waals surface area contributed by atoms with Crippen molar-refractivity contribution in [2.75, 3.05) is 12.4 Å². The summed E-state index contributed by atoms with van der Waals surface area (Å²) in [7, 11) is 1.51. The summed E-state index contributed by atoms with van der Waals surface area (Å²) < 4.78 is 5.21. The summed E-state index contributed by atoms with van der Waals surface area (Å²) >= 11 is 7.21. The van der Waals surface area contributed by atoms with Crippen LogP contribution in [0.2, 0.25) is 5.02 Å². The maximum Gasteiger partial charge on any atom is 0.240 e. The smallest absolute Gasteiger partial charge is 0.240 e. The van der Waals surface area contributed by atoms with Crippen LogP contribution in [0.15, 0.2) is 47.5 Å². The Hall–Kier alpha value is -2.51. The van der Waals surface area contributed by atoms with Crippen molar-refractivity contribution in [3.8, 4) is 5.75 Å². The molecule has 1 saturated heterocycles. The fraction of sp³-hybridized carbons (Fsp3) is 0.211. The molecular weight excluding hydrogens is 386 g/mol. The summed E-state index contributed by atoms with van der Waals surface area (Å²) in [6.07, 6.45) is 0.0130. The SMILES string of the molecule is COc1ccc(Cl)cc1NC(=O)CC1SC(=Nc2ccc(C)cc2)NC1=O. The predicted octanol–water partition coefficient (Wildman–Crippen LogP) is 3.90. The number of hydrogen-bond acceptors (Lipinski definition) is 5. The molecular formula is C19H18ClN3O3S. The Morgan fingerprint density at radius 3 is 2.74 bits per heavy atom. The highest BCUT2D eigenvalue weighted by atomic mass is 35.5. The van der Waals surface area contributed by atoms with Gasteiger partial charge in [-0.25, -0.2) is 4.99 Å². The van der Waals surface area contributed by atoms with E-state index in [1.165, 1.54) is 18.9 Å². The molecule has 3 rings (SSSR count). The number of ether oxygens (including phenoxy) is 1. The molecule has 2 amide bonds. The van der Waals surface area contributed by atoms with Gasteiger partial charge in [-0.2, -0.15) is 0 Å². The largest absolute Gasteiger partial charge is 0.495 e. The lowest BCUT2D eigenvalue weighted by molar-refractivity contribution is -0.122. The molecule has 0 aromatic heterocycles. The molecule has 0 saturated carbocycles. The van der Waals surface area contributed by atoms with Gasteiger partial charge in [-0.3, -0.25) is 9.59 Å². The minimum Gasteiger partial charge on any atom is -0.495 e. The van der Waals surface area contributed by atoms with E-state index in [4.69, 9.17) is 16.3 Å². The number of amides is 2. The van der Waals surface area contributed by atoms with Crippen molar-refractivity contribution >= 4 is 51.7 Å². The number of anilines is 1. The summed E-state index contributed by atoms with van der Waals surface area (Å²) in [4.78, 5) is 28.9. The quantitative estimate of drug-likeness (QED) is 0.793. The summed E-state index contributed by atoms with van der Waals surface area (Å²) in [5.41, 5.74) is 2.34. The minimum atomic E-state index is -0.542. The fourth-order valence-corrected chi connectivity index (χ4v) is 3.64. The molecule has 1 aliphatic rings. The molecule has 2 N–H and O–H groups in total. The molecule has 0 bridgehead atoms. The van der Waals surface area contributed by atoms with Gasteiger partial charge >= 0.3 is 0 Å². The average molecular weight is 404 g/mol. The Bertz CT molecular complexity index is 900. The molecule has 0 spiro atoms. The number of halogens is 1. The van der Waals surface area contributed by atoms with E-state index in [1.54, 1.807) is 18.2 Å². The minimum absolute atomic E-state index is 0.0130. The van der Waals surface area contributed by atoms with Crippen molar-refractivity contribution in [3.63, 3.8) is 0 Å². The number of aryl methyl sites for hydroxylation is 1. The lowest BCUT2D eigenvalue weighted by Gasteiger charge is -2.11. The van der Waals surface area contributed by atoms with Crippen LogP contribution in [-0.2, 0) is 9.59 Å². The van der Waals surface area contributed by atoms with Gasteiger partial charge in [0.2, 0.25) is 11.8 Å². The number of nitrogens with zero attached hydrogens (tertiary/aromatic N) is 1. The van der Waals surface area contributed by atoms with Crippen LogP contribution in [0, 0.1) is 6.92 Å². The van der Waals surface area contributed by atoms with Crippen molar-refractivity contribution in [1.29, 1.82) is 0 Å². The van der Waals surface area contributed by atoms with Gasteiger partial charge in [-0.05, 0) is 37.3 Å². The van der Waals surface area contributed by atoms with E-state index in [0.717, 1.165) is 11.3 Å². The zero-order valence-electron chi connectivity index (χ0n) is 14.8. The summed E-state index contributed by atoms with van der Waals surface area (Å²) in [6.45, 7) is 1.99. The third-order valence-electron chi connectivity index (χ3n) is 3.85. The van der Waals surface area contributed by atoms with E-state index >= 15 is 0 Å². The van der Waals surface area contributed by atoms with Gasteiger partial charge in [-0.15, -0.1) is 0 Å². The lowest BCUT2D eigenvalue weighted by atomic mass is 10.2. The molecule has 8 heteroatoms. The molecule has 1 aliphatic heterocycles. The van der Waals surface area contributed by atoms with Crippen LogP contribution in [0.1, 0.15) is 12.0 Å². The average Bonchev–Trinajstić information content (AvgIpc) is 2.96. The van der Waals surface area contributed by atoms with Gasteiger partial charge in [0.15, 0.2) is 5.17 Å². The van der Waals surface area contributed by atoms with Crippen LogP contribution in [0.5, 0.6) is 5.75 Å². The van der Waals surface area contributed by atoms with Gasteiger partial charge in [0.1, 0.15) is 11.0 Å². The molecule has 0 aliphatic carbocycles. The molecule has 0 radical (unpaired) electrons. The van der Waals surface area contributed by atoms with Gasteiger partial charge in [0.25, 0.3) is 0 Å². The van der Waals surface area contributed by atoms with Crippen LogP contribution in [0.3, 0.4) is 0 Å². The van der Waals surface area contributed by atoms with Crippen LogP contribution >= 0.6 is 23.4 Å². The number of benzene rings is 2. The molecule has 27 heavy (non-hydrogen) atoms. The van der Waals surface area contributed by atoms with Crippen LogP contribution in [-0.4, -0.2) is 29.3 Å². The Labute approximate surface area is 166 Å². The van der Waals surface area contributed by atoms with Gasteiger partial charge < -0.3 is 15.4 Å². The van der Waals surface area contributed by atoms with E-state index in [-0.39, 0.29) is 18.2 Å². The number of nitrogens with one attached hydrogen (secondary N) is 2. The maximum atomic E-state index is 12.4. The number of amidine groups is 1. The van der Waals surface area contributed by atoms with Crippen molar-refractivity contribution in [1.82, 2.24) is 5.32 Å². The van der Waals surface area contributed by atoms with Crippen molar-refractivity contribution < 1.29 is 14.3 Å². The van der Waals surface area contributed by atoms with Gasteiger partial charge in [-0.1, -0.05) is 41.1 Å². The fourth-order valence-electron chi connectivity index (χ4n) is 2.48. The van der Waals surface area contributed by atoms with Gasteiger partial charge in [0.05, 0.1) is 18.5 Å². The Balaban J connectivity index is 1.64. The number of hydrogen-bond donors (Lipinski definition) is 2. The highest BCUT2D eigenvalue weighted by Gasteiger charge is 2.32. The van der Waals surface area contributed by atoms with Crippen LogP contribution in [0.4, 0.5) is 11.4 Å². The van der Waals surface area contributed by atoms with Crippen molar-refractivity contribution in [3.05, 3.63) is 53.1 Å². The Morgan fingerprint density at radius 1 is 1.30 bits per heavy atom. The third kappa shape index (κ3) is 5.02. The second kappa shape index (κ2) is 8.45. The van der Waals surface area contributed by atoms with E-state index in [2.05, 4.69) is 15.6 Å². The molecule has 2 aromatic rings. The molecule has 1 unspecified atom stereocenters. The monoisotopic (exact) mass is 403 g/mol. The zero-order chi connectivity index (χ0) is 19.4. The highest BCUT2D eigenvalue weighted by molar-refractivity contribution is 8.15. The van der Waals surface area contributed by atoms with Crippen LogP contribution < -0.4 is 15.4 Å². The number of aliphatic imine (C=N–C) groups is 1. The topological polar surface area (TPSA) is 79.8 Å². The molecule has 1 fully saturated rings. The first-order chi connectivity index (χ1) is 12.9. The number of methoxy groups -OCH3 is 1. The summed E-state index contributed by atoms with van der Waals surface area (Å²) in [5, 5.41) is 5.88. The number of carbonyl (C=O) groups excluding carboxylic acids is 2. The highest BCUT2D eigenvalue weighted by Crippen LogP contribution is 2.29. The van der Waals surface area contributed by atoms with Gasteiger partial charge in [0, 0.05) is 11.4 Å². The molecule has 6 nitrogen and oxygen atoms in total. The summed E-state index contributed by atoms with van der Waals surface area (Å²) in [5.74, 6) is -0.0447. The van der Waals surface area contributed by atoms with Crippen molar-refractivity contribution in [2.24, 2.45) is 4.99 Å². The van der Waals surface area contributed by atoms with E-state index < -0.39 is 5.25 Å². The number of carbonyl (C=O) groups is 2. The first-order valence-corrected chi connectivity index (χ1v) is 9.46. The summed E-state index contributed by atoms with van der Waals surface area (Å²) in [6, 6.07) is 12.6. The first kappa shape index (κ1) is 19.3. The zero-order valence-corrected chi connectivity index (χ0v) is 16.4. The maximum absolute atomic E-state index is 12.4. The van der Waals surface area contributed by atoms with E-state index in [9.17, 15) is 9.59 Å². The van der Waals surface area contributed by atoms with Crippen LogP contribution in [0.25, 0.3) is 0 Å². The lowest BCUT2D eigenvalue weighted by Crippen LogP contribution is -2.28.